The second kappa shape index (κ2) is 6.24. The van der Waals surface area contributed by atoms with Gasteiger partial charge in [0.25, 0.3) is 0 Å². The molecule has 0 amide bonds. The molecule has 0 fully saturated rings. The molecule has 19 heavy (non-hydrogen) atoms. The first-order valence-electron chi connectivity index (χ1n) is 6.18. The Balaban J connectivity index is 2.10. The summed E-state index contributed by atoms with van der Waals surface area (Å²) in [5.41, 5.74) is 1.06. The van der Waals surface area contributed by atoms with E-state index in [1.54, 1.807) is 20.4 Å². The van der Waals surface area contributed by atoms with Gasteiger partial charge in [0.2, 0.25) is 0 Å². The number of benzene rings is 1. The average Bonchev–Trinajstić information content (AvgIpc) is 2.97. The molecule has 1 aromatic heterocycles. The summed E-state index contributed by atoms with van der Waals surface area (Å²) in [6.07, 6.45) is 3.56. The molecule has 0 aliphatic carbocycles. The van der Waals surface area contributed by atoms with E-state index in [9.17, 15) is 0 Å². The molecular formula is C14H19N3O2. The number of nitrogens with one attached hydrogen (secondary N) is 2. The van der Waals surface area contributed by atoms with Crippen molar-refractivity contribution in [2.24, 2.45) is 0 Å². The van der Waals surface area contributed by atoms with Gasteiger partial charge in [-0.3, -0.25) is 0 Å². The first-order valence-corrected chi connectivity index (χ1v) is 6.18. The van der Waals surface area contributed by atoms with Crippen LogP contribution in [0.2, 0.25) is 0 Å². The minimum Gasteiger partial charge on any atom is -0.497 e. The molecule has 1 aromatic carbocycles. The van der Waals surface area contributed by atoms with Crippen molar-refractivity contribution in [2.45, 2.75) is 19.5 Å². The fraction of sp³-hybridized carbons (Fsp3) is 0.357. The molecule has 0 spiro atoms. The molecule has 5 nitrogen and oxygen atoms in total. The van der Waals surface area contributed by atoms with Gasteiger partial charge in [0, 0.05) is 24.0 Å². The van der Waals surface area contributed by atoms with Crippen molar-refractivity contribution in [3.05, 3.63) is 42.0 Å². The predicted molar refractivity (Wildman–Crippen MR) is 73.4 cm³/mol. The summed E-state index contributed by atoms with van der Waals surface area (Å²) in [5.74, 6) is 2.58. The Morgan fingerprint density at radius 3 is 2.79 bits per heavy atom. The zero-order valence-electron chi connectivity index (χ0n) is 11.4. The summed E-state index contributed by atoms with van der Waals surface area (Å²) in [6, 6.07) is 5.93. The molecule has 0 saturated heterocycles. The molecule has 0 aliphatic heterocycles. The van der Waals surface area contributed by atoms with Gasteiger partial charge in [0.05, 0.1) is 20.8 Å². The van der Waals surface area contributed by atoms with E-state index in [1.165, 1.54) is 0 Å². The van der Waals surface area contributed by atoms with Crippen LogP contribution in [0.4, 0.5) is 0 Å². The van der Waals surface area contributed by atoms with E-state index in [4.69, 9.17) is 9.47 Å². The lowest BCUT2D eigenvalue weighted by Crippen LogP contribution is -2.19. The Morgan fingerprint density at radius 2 is 2.16 bits per heavy atom. The van der Waals surface area contributed by atoms with Crippen molar-refractivity contribution < 1.29 is 9.47 Å². The van der Waals surface area contributed by atoms with E-state index in [1.807, 2.05) is 24.4 Å². The van der Waals surface area contributed by atoms with Crippen molar-refractivity contribution in [3.63, 3.8) is 0 Å². The van der Waals surface area contributed by atoms with Gasteiger partial charge in [0.15, 0.2) is 0 Å². The molecule has 1 atom stereocenters. The molecule has 0 bridgehead atoms. The van der Waals surface area contributed by atoms with E-state index < -0.39 is 0 Å². The average molecular weight is 261 g/mol. The Hall–Kier alpha value is -2.01. The molecule has 0 saturated carbocycles. The maximum atomic E-state index is 5.38. The van der Waals surface area contributed by atoms with Gasteiger partial charge < -0.3 is 19.8 Å². The van der Waals surface area contributed by atoms with Crippen LogP contribution in [0, 0.1) is 0 Å². The topological polar surface area (TPSA) is 59.2 Å². The maximum Gasteiger partial charge on any atom is 0.123 e. The van der Waals surface area contributed by atoms with Crippen molar-refractivity contribution in [1.29, 1.82) is 0 Å². The first kappa shape index (κ1) is 13.4. The van der Waals surface area contributed by atoms with Crippen molar-refractivity contribution in [1.82, 2.24) is 15.3 Å². The monoisotopic (exact) mass is 261 g/mol. The lowest BCUT2D eigenvalue weighted by molar-refractivity contribution is 0.391. The van der Waals surface area contributed by atoms with Crippen LogP contribution >= 0.6 is 0 Å². The summed E-state index contributed by atoms with van der Waals surface area (Å²) in [7, 11) is 3.33. The van der Waals surface area contributed by atoms with Crippen LogP contribution in [0.3, 0.4) is 0 Å². The minimum absolute atomic E-state index is 0.134. The molecule has 0 radical (unpaired) electrons. The molecule has 102 valence electrons. The highest BCUT2D eigenvalue weighted by atomic mass is 16.5. The van der Waals surface area contributed by atoms with E-state index >= 15 is 0 Å². The van der Waals surface area contributed by atoms with Crippen LogP contribution in [0.15, 0.2) is 30.6 Å². The first-order chi connectivity index (χ1) is 9.24. The highest BCUT2D eigenvalue weighted by molar-refractivity contribution is 5.42. The Morgan fingerprint density at radius 1 is 1.32 bits per heavy atom. The summed E-state index contributed by atoms with van der Waals surface area (Å²) < 4.78 is 10.6. The summed E-state index contributed by atoms with van der Waals surface area (Å²) >= 11 is 0. The van der Waals surface area contributed by atoms with Gasteiger partial charge in [-0.2, -0.15) is 0 Å². The predicted octanol–water partition coefficient (Wildman–Crippen LogP) is 2.28. The fourth-order valence-electron chi connectivity index (χ4n) is 1.93. The fourth-order valence-corrected chi connectivity index (χ4v) is 1.93. The quantitative estimate of drug-likeness (QED) is 0.837. The lowest BCUT2D eigenvalue weighted by atomic mass is 10.1. The van der Waals surface area contributed by atoms with Crippen LogP contribution in [-0.4, -0.2) is 24.2 Å². The van der Waals surface area contributed by atoms with Gasteiger partial charge in [-0.25, -0.2) is 4.98 Å². The van der Waals surface area contributed by atoms with Crippen molar-refractivity contribution >= 4 is 0 Å². The van der Waals surface area contributed by atoms with Gasteiger partial charge in [-0.05, 0) is 25.1 Å². The van der Waals surface area contributed by atoms with Gasteiger partial charge >= 0.3 is 0 Å². The summed E-state index contributed by atoms with van der Waals surface area (Å²) in [5, 5.41) is 3.40. The van der Waals surface area contributed by atoms with Gasteiger partial charge in [-0.1, -0.05) is 0 Å². The Bertz CT molecular complexity index is 511. The third-order valence-electron chi connectivity index (χ3n) is 3.03. The molecule has 0 aliphatic rings. The van der Waals surface area contributed by atoms with Crippen molar-refractivity contribution in [2.75, 3.05) is 14.2 Å². The number of H-pyrrole nitrogens is 1. The highest BCUT2D eigenvalue weighted by Gasteiger charge is 2.12. The number of imidazole rings is 1. The van der Waals surface area contributed by atoms with Gasteiger partial charge in [-0.15, -0.1) is 0 Å². The van der Waals surface area contributed by atoms with E-state index in [-0.39, 0.29) is 6.04 Å². The Kier molecular flexibility index (Phi) is 4.41. The maximum absolute atomic E-state index is 5.38. The second-order valence-electron chi connectivity index (χ2n) is 4.25. The number of rotatable bonds is 6. The smallest absolute Gasteiger partial charge is 0.123 e. The van der Waals surface area contributed by atoms with Crippen LogP contribution in [-0.2, 0) is 6.54 Å². The molecular weight excluding hydrogens is 242 g/mol. The van der Waals surface area contributed by atoms with Gasteiger partial charge in [0.1, 0.15) is 17.3 Å². The number of hydrogen-bond donors (Lipinski definition) is 2. The molecule has 2 aromatic rings. The minimum atomic E-state index is 0.134. The third-order valence-corrected chi connectivity index (χ3v) is 3.03. The standard InChI is InChI=1S/C14H19N3O2/c1-10(17-9-14-15-6-7-16-14)12-8-11(18-2)4-5-13(12)19-3/h4-8,10,17H,9H2,1-3H3,(H,15,16). The molecule has 5 heteroatoms. The largest absolute Gasteiger partial charge is 0.497 e. The zero-order chi connectivity index (χ0) is 13.7. The van der Waals surface area contributed by atoms with E-state index in [0.717, 1.165) is 22.9 Å². The molecule has 1 unspecified atom stereocenters. The van der Waals surface area contributed by atoms with Crippen LogP contribution < -0.4 is 14.8 Å². The Labute approximate surface area is 113 Å². The zero-order valence-corrected chi connectivity index (χ0v) is 11.4. The molecule has 2 N–H and O–H groups in total. The number of nitrogens with zero attached hydrogens (tertiary/aromatic N) is 1. The number of methoxy groups -OCH3 is 2. The second-order valence-corrected chi connectivity index (χ2v) is 4.25. The molecule has 1 heterocycles. The van der Waals surface area contributed by atoms with Crippen LogP contribution in [0.5, 0.6) is 11.5 Å². The third kappa shape index (κ3) is 3.26. The highest BCUT2D eigenvalue weighted by Crippen LogP contribution is 2.29. The number of hydrogen-bond acceptors (Lipinski definition) is 4. The molecule has 2 rings (SSSR count). The van der Waals surface area contributed by atoms with Crippen LogP contribution in [0.25, 0.3) is 0 Å². The number of aromatic amines is 1. The summed E-state index contributed by atoms with van der Waals surface area (Å²) in [4.78, 5) is 7.25. The van der Waals surface area contributed by atoms with Crippen molar-refractivity contribution in [3.8, 4) is 11.5 Å². The lowest BCUT2D eigenvalue weighted by Gasteiger charge is -2.17. The normalized spacial score (nSPS) is 12.2. The SMILES string of the molecule is COc1ccc(OC)c(C(C)NCc2ncc[nH]2)c1. The summed E-state index contributed by atoms with van der Waals surface area (Å²) in [6.45, 7) is 2.76. The number of aromatic nitrogens is 2. The van der Waals surface area contributed by atoms with E-state index in [2.05, 4.69) is 22.2 Å². The number of ether oxygens (including phenoxy) is 2. The van der Waals surface area contributed by atoms with E-state index in [0.29, 0.717) is 6.54 Å². The van der Waals surface area contributed by atoms with Crippen LogP contribution in [0.1, 0.15) is 24.4 Å².